The van der Waals surface area contributed by atoms with Crippen molar-refractivity contribution in [1.29, 1.82) is 0 Å². The highest BCUT2D eigenvalue weighted by Crippen LogP contribution is 2.57. The number of hydrogen-bond acceptors (Lipinski definition) is 6. The van der Waals surface area contributed by atoms with Gasteiger partial charge in [-0.15, -0.1) is 0 Å². The monoisotopic (exact) mass is 764 g/mol. The first-order valence-corrected chi connectivity index (χ1v) is 21.9. The van der Waals surface area contributed by atoms with E-state index in [1.807, 2.05) is 44.2 Å². The van der Waals surface area contributed by atoms with Crippen molar-refractivity contribution >= 4 is 17.3 Å². The van der Waals surface area contributed by atoms with E-state index in [0.29, 0.717) is 36.9 Å². The summed E-state index contributed by atoms with van der Waals surface area (Å²) in [5, 5.41) is 0. The zero-order valence-electron chi connectivity index (χ0n) is 34.6. The second kappa shape index (κ2) is 16.2. The molecule has 2 saturated carbocycles. The number of nitrogens with zero attached hydrogens (tertiary/aromatic N) is 2. The number of benzene rings is 2. The quantitative estimate of drug-likeness (QED) is 0.131. The van der Waals surface area contributed by atoms with E-state index in [1.165, 1.54) is 60.8 Å². The van der Waals surface area contributed by atoms with Gasteiger partial charge in [0.25, 0.3) is 0 Å². The zero-order chi connectivity index (χ0) is 39.8. The SMILES string of the molecule is CC[C@@]12CCC(=O)C[C@@H]1CCCc1cc(C(=O)Cc3cccnc3C)ccc12.CC[C@@]12CC[C@]3(CO3)C[C@@H]1CCCc1cc(C(=O)Cc3cccnc3C)ccc12. The molecule has 0 amide bonds. The molecule has 6 heteroatoms. The van der Waals surface area contributed by atoms with Crippen molar-refractivity contribution in [3.63, 3.8) is 0 Å². The second-order valence-electron chi connectivity index (χ2n) is 18.1. The van der Waals surface area contributed by atoms with Crippen LogP contribution >= 0.6 is 0 Å². The average Bonchev–Trinajstić information content (AvgIpc) is 4.03. The average molecular weight is 765 g/mol. The third-order valence-electron chi connectivity index (χ3n) is 15.2. The topological polar surface area (TPSA) is 89.5 Å². The molecule has 4 aliphatic carbocycles. The lowest BCUT2D eigenvalue weighted by Crippen LogP contribution is -2.43. The van der Waals surface area contributed by atoms with Crippen LogP contribution in [-0.2, 0) is 46.0 Å². The number of carbonyl (C=O) groups excluding carboxylic acids is 3. The highest BCUT2D eigenvalue weighted by atomic mass is 16.6. The predicted molar refractivity (Wildman–Crippen MR) is 225 cm³/mol. The van der Waals surface area contributed by atoms with Crippen LogP contribution in [0.5, 0.6) is 0 Å². The molecule has 0 N–H and O–H groups in total. The fourth-order valence-electron chi connectivity index (χ4n) is 11.6. The van der Waals surface area contributed by atoms with Gasteiger partial charge in [0.1, 0.15) is 5.78 Å². The summed E-state index contributed by atoms with van der Waals surface area (Å²) in [5.41, 5.74) is 11.8. The maximum atomic E-state index is 13.0. The van der Waals surface area contributed by atoms with Crippen molar-refractivity contribution in [1.82, 2.24) is 9.97 Å². The first-order chi connectivity index (χ1) is 27.6. The molecule has 0 unspecified atom stereocenters. The first-order valence-electron chi connectivity index (χ1n) is 21.9. The van der Waals surface area contributed by atoms with Gasteiger partial charge in [-0.3, -0.25) is 24.4 Å². The largest absolute Gasteiger partial charge is 0.370 e. The summed E-state index contributed by atoms with van der Waals surface area (Å²) >= 11 is 0. The molecule has 4 aromatic rings. The number of hydrogen-bond donors (Lipinski definition) is 0. The normalized spacial score (nSPS) is 27.3. The van der Waals surface area contributed by atoms with Crippen LogP contribution in [-0.4, -0.2) is 39.5 Å². The lowest BCUT2D eigenvalue weighted by molar-refractivity contribution is -0.123. The maximum Gasteiger partial charge on any atom is 0.167 e. The Morgan fingerprint density at radius 1 is 0.702 bits per heavy atom. The Labute approximate surface area is 339 Å². The smallest absolute Gasteiger partial charge is 0.167 e. The second-order valence-corrected chi connectivity index (χ2v) is 18.1. The van der Waals surface area contributed by atoms with Gasteiger partial charge in [0.15, 0.2) is 11.6 Å². The number of Topliss-reactive ketones (excluding diaryl/α,β-unsaturated/α-hetero) is 3. The van der Waals surface area contributed by atoms with Gasteiger partial charge in [0.2, 0.25) is 0 Å². The number of pyridine rings is 2. The summed E-state index contributed by atoms with van der Waals surface area (Å²) in [6.45, 7) is 9.52. The van der Waals surface area contributed by atoms with E-state index in [2.05, 4.69) is 54.1 Å². The molecule has 298 valence electrons. The van der Waals surface area contributed by atoms with Crippen LogP contribution in [0.25, 0.3) is 0 Å². The van der Waals surface area contributed by atoms with Gasteiger partial charge in [-0.05, 0) is 171 Å². The van der Waals surface area contributed by atoms with E-state index < -0.39 is 0 Å². The van der Waals surface area contributed by atoms with Crippen molar-refractivity contribution in [2.75, 3.05) is 6.61 Å². The fraction of sp³-hybridized carbons (Fsp3) is 0.510. The minimum absolute atomic E-state index is 0.112. The van der Waals surface area contributed by atoms with E-state index in [4.69, 9.17) is 4.74 Å². The molecule has 0 bridgehead atoms. The Morgan fingerprint density at radius 2 is 1.23 bits per heavy atom. The highest BCUT2D eigenvalue weighted by molar-refractivity contribution is 5.98. The molecule has 57 heavy (non-hydrogen) atoms. The molecule has 5 atom stereocenters. The summed E-state index contributed by atoms with van der Waals surface area (Å²) in [6, 6.07) is 20.8. The molecule has 5 aliphatic rings. The van der Waals surface area contributed by atoms with E-state index in [0.717, 1.165) is 85.2 Å². The van der Waals surface area contributed by atoms with E-state index in [9.17, 15) is 14.4 Å². The van der Waals surface area contributed by atoms with Crippen LogP contribution in [0.1, 0.15) is 156 Å². The van der Waals surface area contributed by atoms with Crippen molar-refractivity contribution in [2.24, 2.45) is 11.8 Å². The van der Waals surface area contributed by atoms with E-state index >= 15 is 0 Å². The van der Waals surface area contributed by atoms with Gasteiger partial charge in [0.05, 0.1) is 12.2 Å². The molecule has 1 aliphatic heterocycles. The van der Waals surface area contributed by atoms with Gasteiger partial charge < -0.3 is 4.74 Å². The lowest BCUT2D eigenvalue weighted by Gasteiger charge is -2.46. The van der Waals surface area contributed by atoms with Crippen LogP contribution in [0.2, 0.25) is 0 Å². The number of carbonyl (C=O) groups is 3. The molecular weight excluding hydrogens is 705 g/mol. The van der Waals surface area contributed by atoms with Gasteiger partial charge >= 0.3 is 0 Å². The molecule has 9 rings (SSSR count). The first kappa shape index (κ1) is 39.5. The number of ketones is 3. The third-order valence-corrected chi connectivity index (χ3v) is 15.2. The predicted octanol–water partition coefficient (Wildman–Crippen LogP) is 10.5. The van der Waals surface area contributed by atoms with Gasteiger partial charge in [-0.1, -0.05) is 50.2 Å². The number of aromatic nitrogens is 2. The van der Waals surface area contributed by atoms with Gasteiger partial charge in [-0.25, -0.2) is 0 Å². The number of ether oxygens (including phenoxy) is 1. The Kier molecular flexibility index (Phi) is 11.2. The Bertz CT molecular complexity index is 2170. The number of epoxide rings is 1. The summed E-state index contributed by atoms with van der Waals surface area (Å²) in [7, 11) is 0. The molecule has 3 fully saturated rings. The van der Waals surface area contributed by atoms with Crippen molar-refractivity contribution < 1.29 is 19.1 Å². The molecule has 0 radical (unpaired) electrons. The van der Waals surface area contributed by atoms with Crippen molar-refractivity contribution in [2.45, 2.75) is 147 Å². The molecule has 3 heterocycles. The van der Waals surface area contributed by atoms with Crippen LogP contribution < -0.4 is 0 Å². The van der Waals surface area contributed by atoms with Crippen molar-refractivity contribution in [3.05, 3.63) is 129 Å². The summed E-state index contributed by atoms with van der Waals surface area (Å²) < 4.78 is 5.87. The summed E-state index contributed by atoms with van der Waals surface area (Å²) in [5.74, 6) is 1.95. The van der Waals surface area contributed by atoms with Crippen LogP contribution in [0.3, 0.4) is 0 Å². The zero-order valence-corrected chi connectivity index (χ0v) is 34.6. The van der Waals surface area contributed by atoms with Gasteiger partial charge in [0, 0.05) is 60.6 Å². The Hall–Kier alpha value is -4.29. The van der Waals surface area contributed by atoms with Crippen molar-refractivity contribution in [3.8, 4) is 0 Å². The minimum atomic E-state index is 0.112. The molecule has 1 saturated heterocycles. The van der Waals surface area contributed by atoms with Crippen LogP contribution in [0.15, 0.2) is 73.1 Å². The third kappa shape index (κ3) is 7.71. The Balaban J connectivity index is 0.000000160. The molecule has 2 aromatic heterocycles. The van der Waals surface area contributed by atoms with Crippen LogP contribution in [0, 0.1) is 25.7 Å². The lowest BCUT2D eigenvalue weighted by atomic mass is 9.58. The summed E-state index contributed by atoms with van der Waals surface area (Å²) in [6.07, 6.45) is 19.5. The minimum Gasteiger partial charge on any atom is -0.370 e. The Morgan fingerprint density at radius 3 is 1.74 bits per heavy atom. The van der Waals surface area contributed by atoms with E-state index in [1.54, 1.807) is 12.4 Å². The highest BCUT2D eigenvalue weighted by Gasteiger charge is 2.56. The number of fused-ring (bicyclic) bond motifs is 6. The molecule has 6 nitrogen and oxygen atoms in total. The number of aryl methyl sites for hydroxylation is 4. The fourth-order valence-corrected chi connectivity index (χ4v) is 11.6. The number of rotatable bonds is 8. The van der Waals surface area contributed by atoms with Crippen LogP contribution in [0.4, 0.5) is 0 Å². The van der Waals surface area contributed by atoms with Gasteiger partial charge in [-0.2, -0.15) is 0 Å². The van der Waals surface area contributed by atoms with E-state index in [-0.39, 0.29) is 28.0 Å². The molecule has 2 aromatic carbocycles. The summed E-state index contributed by atoms with van der Waals surface area (Å²) in [4.78, 5) is 46.7. The maximum absolute atomic E-state index is 13.0. The molecule has 1 spiro atoms. The standard InChI is InChI=1S/C26H31NO2.C25H29NO2/c1-3-26-12-11-25(17-29-25)16-22(26)8-4-6-20-14-21(9-10-23(20)26)24(28)15-19-7-5-13-27-18(19)2;1-3-25-12-11-22(27)16-21(25)8-4-6-19-14-20(9-10-23(19)25)24(28)15-18-7-5-13-26-17(18)2/h5,7,9-10,13-14,22H,3-4,6,8,11-12,15-17H2,1-2H3;5,7,9-10,13-14,21H,3-4,6,8,11-12,15-16H2,1-2H3/t22-,25+,26+;21-,25+/m00/s1. The molecular formula is C51H60N2O4.